The van der Waals surface area contributed by atoms with Gasteiger partial charge in [-0.2, -0.15) is 0 Å². The Balaban J connectivity index is 1.81. The largest absolute Gasteiger partial charge is 0.341 e. The van der Waals surface area contributed by atoms with Crippen LogP contribution in [0.2, 0.25) is 0 Å². The summed E-state index contributed by atoms with van der Waals surface area (Å²) in [5.41, 5.74) is 6.02. The van der Waals surface area contributed by atoms with Crippen LogP contribution < -0.4 is 0 Å². The molecule has 0 radical (unpaired) electrons. The maximum Gasteiger partial charge on any atom is 0.140 e. The molecule has 5 heteroatoms. The fourth-order valence-electron chi connectivity index (χ4n) is 3.13. The van der Waals surface area contributed by atoms with Crippen LogP contribution in [-0.4, -0.2) is 24.9 Å². The molecule has 0 atom stereocenters. The van der Waals surface area contributed by atoms with E-state index < -0.39 is 0 Å². The molecule has 4 aromatic rings. The summed E-state index contributed by atoms with van der Waals surface area (Å²) in [4.78, 5) is 20.8. The van der Waals surface area contributed by atoms with Crippen LogP contribution in [0.5, 0.6) is 0 Å². The van der Waals surface area contributed by atoms with Crippen LogP contribution in [-0.2, 0) is 5.41 Å². The van der Waals surface area contributed by atoms with Crippen molar-refractivity contribution in [3.8, 4) is 11.4 Å². The molecular weight excluding hydrogens is 310 g/mol. The first-order valence-electron chi connectivity index (χ1n) is 8.85. The molecule has 0 unspecified atom stereocenters. The van der Waals surface area contributed by atoms with Gasteiger partial charge in [-0.3, -0.25) is 4.98 Å². The van der Waals surface area contributed by atoms with Crippen molar-refractivity contribution in [3.63, 3.8) is 0 Å². The topological polar surface area (TPSA) is 70.2 Å². The number of fused-ring (bicyclic) bond motifs is 2. The minimum Gasteiger partial charge on any atom is -0.341 e. The average molecular weight is 333 g/mol. The zero-order valence-electron chi connectivity index (χ0n) is 15.1. The van der Waals surface area contributed by atoms with Gasteiger partial charge >= 0.3 is 0 Å². The van der Waals surface area contributed by atoms with E-state index in [9.17, 15) is 0 Å². The molecule has 0 bridgehead atoms. The normalized spacial score (nSPS) is 12.3. The number of aryl methyl sites for hydroxylation is 1. The van der Waals surface area contributed by atoms with Crippen molar-refractivity contribution >= 4 is 22.1 Å². The van der Waals surface area contributed by atoms with Gasteiger partial charge in [0.05, 0.1) is 22.1 Å². The lowest BCUT2D eigenvalue weighted by Gasteiger charge is -2.23. The van der Waals surface area contributed by atoms with E-state index in [1.165, 1.54) is 0 Å². The predicted octanol–water partition coefficient (Wildman–Crippen LogP) is 4.89. The molecule has 0 aliphatic heterocycles. The van der Waals surface area contributed by atoms with Gasteiger partial charge in [0.1, 0.15) is 11.6 Å². The van der Waals surface area contributed by atoms with Crippen LogP contribution in [0, 0.1) is 6.92 Å². The van der Waals surface area contributed by atoms with E-state index in [1.807, 2.05) is 25.3 Å². The first-order chi connectivity index (χ1) is 12.0. The molecule has 3 aromatic heterocycles. The molecule has 25 heavy (non-hydrogen) atoms. The van der Waals surface area contributed by atoms with Gasteiger partial charge in [-0.15, -0.1) is 0 Å². The molecule has 0 spiro atoms. The molecule has 3 heterocycles. The maximum atomic E-state index is 4.85. The summed E-state index contributed by atoms with van der Waals surface area (Å²) in [5.74, 6) is 1.89. The Kier molecular flexibility index (Phi) is 3.60. The quantitative estimate of drug-likeness (QED) is 0.559. The van der Waals surface area contributed by atoms with E-state index in [1.54, 1.807) is 0 Å². The first-order valence-corrected chi connectivity index (χ1v) is 8.85. The Hall–Kier alpha value is -2.69. The van der Waals surface area contributed by atoms with Crippen LogP contribution in [0.25, 0.3) is 33.5 Å². The highest BCUT2D eigenvalue weighted by atomic mass is 15.0. The minimum atomic E-state index is 0.0822. The second-order valence-electron chi connectivity index (χ2n) is 7.01. The third-order valence-corrected chi connectivity index (χ3v) is 5.40. The van der Waals surface area contributed by atoms with Crippen molar-refractivity contribution < 1.29 is 0 Å². The molecule has 1 aromatic carbocycles. The van der Waals surface area contributed by atoms with Crippen LogP contribution in [0.4, 0.5) is 0 Å². The summed E-state index contributed by atoms with van der Waals surface area (Å²) >= 11 is 0. The Morgan fingerprint density at radius 2 is 1.68 bits per heavy atom. The van der Waals surface area contributed by atoms with E-state index in [0.717, 1.165) is 57.8 Å². The third-order valence-electron chi connectivity index (χ3n) is 5.40. The molecule has 4 rings (SSSR count). The zero-order valence-corrected chi connectivity index (χ0v) is 15.1. The lowest BCUT2D eigenvalue weighted by molar-refractivity contribution is 0.416. The van der Waals surface area contributed by atoms with Crippen molar-refractivity contribution in [2.45, 2.75) is 46.0 Å². The third kappa shape index (κ3) is 2.60. The molecule has 0 aliphatic carbocycles. The molecule has 0 saturated carbocycles. The van der Waals surface area contributed by atoms with Gasteiger partial charge in [-0.05, 0) is 44.0 Å². The molecule has 0 saturated heterocycles. The highest BCUT2D eigenvalue weighted by Gasteiger charge is 2.26. The zero-order chi connectivity index (χ0) is 17.6. The van der Waals surface area contributed by atoms with Crippen molar-refractivity contribution in [2.75, 3.05) is 0 Å². The standard InChI is InChI=1S/C20H23N5/c1-5-20(4,6-2)19-24-16-9-14-15(10-17(16)25-19)23-18(22-14)13-8-7-12(3)21-11-13/h7-11H,5-6H2,1-4H3,(H,22,23)(H,24,25). The maximum absolute atomic E-state index is 4.85. The number of H-pyrrole nitrogens is 2. The van der Waals surface area contributed by atoms with Crippen LogP contribution in [0.1, 0.15) is 45.1 Å². The number of rotatable bonds is 4. The molecule has 0 fully saturated rings. The van der Waals surface area contributed by atoms with Gasteiger partial charge < -0.3 is 9.97 Å². The molecule has 0 aliphatic rings. The number of hydrogen-bond acceptors (Lipinski definition) is 3. The lowest BCUT2D eigenvalue weighted by atomic mass is 9.84. The van der Waals surface area contributed by atoms with Crippen molar-refractivity contribution in [3.05, 3.63) is 42.0 Å². The molecule has 0 amide bonds. The van der Waals surface area contributed by atoms with E-state index in [-0.39, 0.29) is 5.41 Å². The van der Waals surface area contributed by atoms with Crippen molar-refractivity contribution in [1.82, 2.24) is 24.9 Å². The van der Waals surface area contributed by atoms with Gasteiger partial charge in [-0.1, -0.05) is 20.8 Å². The number of aromatic amines is 2. The number of nitrogens with zero attached hydrogens (tertiary/aromatic N) is 3. The fraction of sp³-hybridized carbons (Fsp3) is 0.350. The smallest absolute Gasteiger partial charge is 0.140 e. The van der Waals surface area contributed by atoms with Gasteiger partial charge in [0.2, 0.25) is 0 Å². The summed E-state index contributed by atoms with van der Waals surface area (Å²) < 4.78 is 0. The van der Waals surface area contributed by atoms with Crippen molar-refractivity contribution in [2.24, 2.45) is 0 Å². The van der Waals surface area contributed by atoms with Crippen LogP contribution >= 0.6 is 0 Å². The Bertz CT molecular complexity index is 984. The number of hydrogen-bond donors (Lipinski definition) is 2. The summed E-state index contributed by atoms with van der Waals surface area (Å²) in [7, 11) is 0. The van der Waals surface area contributed by atoms with Gasteiger partial charge in [0, 0.05) is 22.9 Å². The highest BCUT2D eigenvalue weighted by molar-refractivity contribution is 5.92. The number of pyridine rings is 1. The predicted molar refractivity (Wildman–Crippen MR) is 102 cm³/mol. The van der Waals surface area contributed by atoms with Crippen LogP contribution in [0.3, 0.4) is 0 Å². The Morgan fingerprint density at radius 1 is 0.960 bits per heavy atom. The molecular formula is C20H23N5. The SMILES string of the molecule is CCC(C)(CC)c1nc2cc3nc(-c4ccc(C)nc4)[nH]c3cc2[nH]1. The number of nitrogens with one attached hydrogen (secondary N) is 2. The van der Waals surface area contributed by atoms with Gasteiger partial charge in [0.25, 0.3) is 0 Å². The molecule has 5 nitrogen and oxygen atoms in total. The number of imidazole rings is 2. The minimum absolute atomic E-state index is 0.0822. The first kappa shape index (κ1) is 15.8. The monoisotopic (exact) mass is 333 g/mol. The Labute approximate surface area is 146 Å². The van der Waals surface area contributed by atoms with E-state index in [4.69, 9.17) is 9.97 Å². The summed E-state index contributed by atoms with van der Waals surface area (Å²) in [6, 6.07) is 8.19. The molecule has 2 N–H and O–H groups in total. The summed E-state index contributed by atoms with van der Waals surface area (Å²) in [5, 5.41) is 0. The van der Waals surface area contributed by atoms with E-state index in [0.29, 0.717) is 0 Å². The van der Waals surface area contributed by atoms with E-state index in [2.05, 4.69) is 47.9 Å². The Morgan fingerprint density at radius 3 is 2.36 bits per heavy atom. The number of aromatic nitrogens is 5. The lowest BCUT2D eigenvalue weighted by Crippen LogP contribution is -2.21. The van der Waals surface area contributed by atoms with Crippen LogP contribution in [0.15, 0.2) is 30.5 Å². The summed E-state index contributed by atoms with van der Waals surface area (Å²) in [6.45, 7) is 8.67. The molecule has 128 valence electrons. The van der Waals surface area contributed by atoms with Gasteiger partial charge in [0.15, 0.2) is 0 Å². The average Bonchev–Trinajstić information content (AvgIpc) is 3.22. The second kappa shape index (κ2) is 5.69. The van der Waals surface area contributed by atoms with Crippen molar-refractivity contribution in [1.29, 1.82) is 0 Å². The van der Waals surface area contributed by atoms with Gasteiger partial charge in [-0.25, -0.2) is 9.97 Å². The second-order valence-corrected chi connectivity index (χ2v) is 7.01. The fourth-order valence-corrected chi connectivity index (χ4v) is 3.13. The highest BCUT2D eigenvalue weighted by Crippen LogP contribution is 2.31. The summed E-state index contributed by atoms with van der Waals surface area (Å²) in [6.07, 6.45) is 3.97. The number of benzene rings is 1. The van der Waals surface area contributed by atoms with E-state index >= 15 is 0 Å².